The van der Waals surface area contributed by atoms with Gasteiger partial charge in [0, 0.05) is 20.0 Å². The Balaban J connectivity index is 2.46. The molecule has 1 unspecified atom stereocenters. The van der Waals surface area contributed by atoms with Crippen molar-refractivity contribution < 1.29 is 4.79 Å². The summed E-state index contributed by atoms with van der Waals surface area (Å²) in [6, 6.07) is 7.12. The van der Waals surface area contributed by atoms with Gasteiger partial charge in [-0.1, -0.05) is 32.4 Å². The second-order valence-corrected chi connectivity index (χ2v) is 6.22. The highest BCUT2D eigenvalue weighted by atomic mass is 16.2. The van der Waals surface area contributed by atoms with Gasteiger partial charge in [-0.3, -0.25) is 14.2 Å². The van der Waals surface area contributed by atoms with Crippen LogP contribution in [0.1, 0.15) is 58.3 Å². The SMILES string of the molecule is CCCCN(C(=O)CCC)C(C)c1nc2ccccc2c(=O)n1C. The van der Waals surface area contributed by atoms with Crippen molar-refractivity contribution in [1.29, 1.82) is 0 Å². The summed E-state index contributed by atoms with van der Waals surface area (Å²) in [5.74, 6) is 0.764. The Morgan fingerprint density at radius 1 is 1.25 bits per heavy atom. The summed E-state index contributed by atoms with van der Waals surface area (Å²) < 4.78 is 1.57. The maximum absolute atomic E-state index is 12.6. The Hall–Kier alpha value is -2.17. The number of unbranched alkanes of at least 4 members (excludes halogenated alkanes) is 1. The van der Waals surface area contributed by atoms with Crippen molar-refractivity contribution >= 4 is 16.8 Å². The van der Waals surface area contributed by atoms with Crippen LogP contribution in [-0.2, 0) is 11.8 Å². The molecule has 130 valence electrons. The summed E-state index contributed by atoms with van der Waals surface area (Å²) in [6.07, 6.45) is 3.31. The number of rotatable bonds is 7. The molecule has 0 spiro atoms. The third-order valence-electron chi connectivity index (χ3n) is 4.40. The summed E-state index contributed by atoms with van der Waals surface area (Å²) in [4.78, 5) is 31.7. The lowest BCUT2D eigenvalue weighted by molar-refractivity contribution is -0.133. The van der Waals surface area contributed by atoms with E-state index < -0.39 is 0 Å². The van der Waals surface area contributed by atoms with Crippen molar-refractivity contribution in [1.82, 2.24) is 14.5 Å². The van der Waals surface area contributed by atoms with Gasteiger partial charge < -0.3 is 4.90 Å². The molecule has 0 aliphatic rings. The number of amides is 1. The lowest BCUT2D eigenvalue weighted by atomic mass is 10.1. The molecule has 1 aromatic heterocycles. The first-order valence-electron chi connectivity index (χ1n) is 8.76. The lowest BCUT2D eigenvalue weighted by Gasteiger charge is -2.30. The molecule has 0 bridgehead atoms. The highest BCUT2D eigenvalue weighted by Gasteiger charge is 2.24. The minimum absolute atomic E-state index is 0.0687. The van der Waals surface area contributed by atoms with Gasteiger partial charge in [0.25, 0.3) is 5.56 Å². The van der Waals surface area contributed by atoms with Crippen molar-refractivity contribution in [2.75, 3.05) is 6.54 Å². The van der Waals surface area contributed by atoms with Crippen LogP contribution in [0.5, 0.6) is 0 Å². The number of carbonyl (C=O) groups is 1. The topological polar surface area (TPSA) is 55.2 Å². The minimum atomic E-state index is -0.224. The molecule has 0 radical (unpaired) electrons. The van der Waals surface area contributed by atoms with E-state index in [0.29, 0.717) is 29.7 Å². The van der Waals surface area contributed by atoms with E-state index in [1.54, 1.807) is 17.7 Å². The molecule has 0 fully saturated rings. The lowest BCUT2D eigenvalue weighted by Crippen LogP contribution is -2.37. The molecular weight excluding hydrogens is 302 g/mol. The van der Waals surface area contributed by atoms with Crippen LogP contribution in [0.15, 0.2) is 29.1 Å². The molecule has 0 aliphatic heterocycles. The molecule has 5 heteroatoms. The van der Waals surface area contributed by atoms with E-state index in [1.165, 1.54) is 0 Å². The van der Waals surface area contributed by atoms with E-state index in [0.717, 1.165) is 19.3 Å². The van der Waals surface area contributed by atoms with Crippen molar-refractivity contribution in [3.63, 3.8) is 0 Å². The quantitative estimate of drug-likeness (QED) is 0.782. The molecule has 1 atom stereocenters. The number of hydrogen-bond acceptors (Lipinski definition) is 3. The van der Waals surface area contributed by atoms with Crippen LogP contribution in [0.3, 0.4) is 0 Å². The minimum Gasteiger partial charge on any atom is -0.333 e. The highest BCUT2D eigenvalue weighted by Crippen LogP contribution is 2.21. The maximum Gasteiger partial charge on any atom is 0.261 e. The number of para-hydroxylation sites is 1. The Bertz CT molecular complexity index is 767. The molecule has 0 N–H and O–H groups in total. The van der Waals surface area contributed by atoms with E-state index in [4.69, 9.17) is 0 Å². The Morgan fingerprint density at radius 3 is 2.62 bits per heavy atom. The molecule has 1 heterocycles. The fourth-order valence-corrected chi connectivity index (χ4v) is 2.97. The fraction of sp³-hybridized carbons (Fsp3) is 0.526. The molecule has 0 saturated carbocycles. The monoisotopic (exact) mass is 329 g/mol. The van der Waals surface area contributed by atoms with Gasteiger partial charge in [-0.05, 0) is 31.9 Å². The van der Waals surface area contributed by atoms with Crippen molar-refractivity contribution in [3.8, 4) is 0 Å². The van der Waals surface area contributed by atoms with Crippen molar-refractivity contribution in [3.05, 3.63) is 40.4 Å². The van der Waals surface area contributed by atoms with Gasteiger partial charge in [-0.25, -0.2) is 4.98 Å². The third-order valence-corrected chi connectivity index (χ3v) is 4.40. The molecule has 24 heavy (non-hydrogen) atoms. The molecule has 0 saturated heterocycles. The van der Waals surface area contributed by atoms with Crippen LogP contribution in [0.2, 0.25) is 0 Å². The zero-order chi connectivity index (χ0) is 17.7. The molecule has 2 aromatic rings. The van der Waals surface area contributed by atoms with Gasteiger partial charge in [-0.2, -0.15) is 0 Å². The van der Waals surface area contributed by atoms with Gasteiger partial charge in [0.1, 0.15) is 5.82 Å². The predicted molar refractivity (Wildman–Crippen MR) is 96.9 cm³/mol. The molecule has 2 rings (SSSR count). The van der Waals surface area contributed by atoms with Crippen LogP contribution in [0, 0.1) is 0 Å². The summed E-state index contributed by atoms with van der Waals surface area (Å²) in [5.41, 5.74) is 0.613. The number of nitrogens with zero attached hydrogens (tertiary/aromatic N) is 3. The molecule has 5 nitrogen and oxygen atoms in total. The fourth-order valence-electron chi connectivity index (χ4n) is 2.97. The van der Waals surface area contributed by atoms with Crippen LogP contribution >= 0.6 is 0 Å². The van der Waals surface area contributed by atoms with Crippen molar-refractivity contribution in [2.45, 2.75) is 52.5 Å². The smallest absolute Gasteiger partial charge is 0.261 e. The predicted octanol–water partition coefficient (Wildman–Crippen LogP) is 3.42. The highest BCUT2D eigenvalue weighted by molar-refractivity contribution is 5.78. The standard InChI is InChI=1S/C19H27N3O2/c1-5-7-13-22(17(23)10-6-2)14(3)18-20-16-12-9-8-11-15(16)19(24)21(18)4/h8-9,11-12,14H,5-7,10,13H2,1-4H3. The first kappa shape index (κ1) is 18.2. The van der Waals surface area contributed by atoms with E-state index >= 15 is 0 Å². The molecule has 1 amide bonds. The molecular formula is C19H27N3O2. The van der Waals surface area contributed by atoms with Crippen LogP contribution in [-0.4, -0.2) is 26.9 Å². The normalized spacial score (nSPS) is 12.3. The van der Waals surface area contributed by atoms with E-state index in [-0.39, 0.29) is 17.5 Å². The third kappa shape index (κ3) is 3.66. The van der Waals surface area contributed by atoms with Crippen LogP contribution in [0.25, 0.3) is 10.9 Å². The van der Waals surface area contributed by atoms with Crippen LogP contribution in [0.4, 0.5) is 0 Å². The summed E-state index contributed by atoms with van der Waals surface area (Å²) in [6.45, 7) is 6.76. The van der Waals surface area contributed by atoms with E-state index in [2.05, 4.69) is 11.9 Å². The number of benzene rings is 1. The van der Waals surface area contributed by atoms with Gasteiger partial charge >= 0.3 is 0 Å². The first-order chi connectivity index (χ1) is 11.5. The molecule has 1 aromatic carbocycles. The second-order valence-electron chi connectivity index (χ2n) is 6.22. The number of hydrogen-bond donors (Lipinski definition) is 0. The Morgan fingerprint density at radius 2 is 1.96 bits per heavy atom. The summed E-state index contributed by atoms with van der Waals surface area (Å²) >= 11 is 0. The first-order valence-corrected chi connectivity index (χ1v) is 8.76. The zero-order valence-corrected chi connectivity index (χ0v) is 15.1. The van der Waals surface area contributed by atoms with Crippen molar-refractivity contribution in [2.24, 2.45) is 7.05 Å². The number of carbonyl (C=O) groups excluding carboxylic acids is 1. The average Bonchev–Trinajstić information content (AvgIpc) is 2.58. The molecule has 0 aliphatic carbocycles. The zero-order valence-electron chi connectivity index (χ0n) is 15.1. The van der Waals surface area contributed by atoms with Gasteiger partial charge in [0.15, 0.2) is 0 Å². The number of fused-ring (bicyclic) bond motifs is 1. The van der Waals surface area contributed by atoms with Crippen LogP contribution < -0.4 is 5.56 Å². The Kier molecular flexibility index (Phi) is 6.12. The Labute approximate surface area is 143 Å². The maximum atomic E-state index is 12.6. The second kappa shape index (κ2) is 8.08. The summed E-state index contributed by atoms with van der Waals surface area (Å²) in [5, 5.41) is 0.607. The van der Waals surface area contributed by atoms with E-state index in [9.17, 15) is 9.59 Å². The van der Waals surface area contributed by atoms with Gasteiger partial charge in [0.2, 0.25) is 5.91 Å². The largest absolute Gasteiger partial charge is 0.333 e. The average molecular weight is 329 g/mol. The summed E-state index contributed by atoms with van der Waals surface area (Å²) in [7, 11) is 1.73. The van der Waals surface area contributed by atoms with E-state index in [1.807, 2.05) is 36.9 Å². The van der Waals surface area contributed by atoms with Gasteiger partial charge in [-0.15, -0.1) is 0 Å². The number of aromatic nitrogens is 2. The van der Waals surface area contributed by atoms with Gasteiger partial charge in [0.05, 0.1) is 16.9 Å².